The van der Waals surface area contributed by atoms with Crippen molar-refractivity contribution >= 4 is 41.5 Å². The summed E-state index contributed by atoms with van der Waals surface area (Å²) in [5.41, 5.74) is 1.15. The van der Waals surface area contributed by atoms with Crippen LogP contribution >= 0.6 is 35.6 Å². The van der Waals surface area contributed by atoms with Crippen LogP contribution in [0.1, 0.15) is 12.5 Å². The molecule has 1 heterocycles. The average Bonchev–Trinajstić information content (AvgIpc) is 2.55. The third kappa shape index (κ3) is 7.13. The predicted molar refractivity (Wildman–Crippen MR) is 114 cm³/mol. The molecule has 1 aliphatic rings. The summed E-state index contributed by atoms with van der Waals surface area (Å²) < 4.78 is 0. The lowest BCUT2D eigenvalue weighted by Gasteiger charge is -2.36. The third-order valence-corrected chi connectivity index (χ3v) is 4.53. The fraction of sp³-hybridized carbons (Fsp3) is 0.588. The minimum absolute atomic E-state index is 0. The molecule has 0 aliphatic carbocycles. The van der Waals surface area contributed by atoms with Crippen LogP contribution in [0.15, 0.2) is 29.3 Å². The second-order valence-electron chi connectivity index (χ2n) is 6.12. The summed E-state index contributed by atoms with van der Waals surface area (Å²) in [6.45, 7) is 8.42. The average molecular weight is 466 g/mol. The fourth-order valence-electron chi connectivity index (χ4n) is 2.69. The first-order chi connectivity index (χ1) is 11.1. The van der Waals surface area contributed by atoms with E-state index in [0.29, 0.717) is 12.6 Å². The van der Waals surface area contributed by atoms with E-state index in [9.17, 15) is 0 Å². The molecule has 7 heteroatoms. The van der Waals surface area contributed by atoms with Crippen molar-refractivity contribution in [1.29, 1.82) is 0 Å². The standard InChI is InChI=1S/C17H28ClN5.HI/c1-14(23-9-7-22(3)8-10-23)12-20-17(19-2)21-13-15-5-4-6-16(18)11-15;/h4-6,11,14H,7-10,12-13H2,1-3H3,(H2,19,20,21);1H. The highest BCUT2D eigenvalue weighted by atomic mass is 127. The van der Waals surface area contributed by atoms with Crippen LogP contribution < -0.4 is 10.6 Å². The molecule has 0 aromatic heterocycles. The van der Waals surface area contributed by atoms with Crippen LogP contribution in [-0.2, 0) is 6.54 Å². The molecule has 5 nitrogen and oxygen atoms in total. The Morgan fingerprint density at radius 1 is 1.25 bits per heavy atom. The summed E-state index contributed by atoms with van der Waals surface area (Å²) in [4.78, 5) is 9.19. The van der Waals surface area contributed by atoms with Gasteiger partial charge in [-0.3, -0.25) is 9.89 Å². The maximum atomic E-state index is 6.01. The van der Waals surface area contributed by atoms with Crippen LogP contribution in [0, 0.1) is 0 Å². The smallest absolute Gasteiger partial charge is 0.191 e. The van der Waals surface area contributed by atoms with Crippen LogP contribution in [0.5, 0.6) is 0 Å². The molecule has 1 aromatic rings. The maximum Gasteiger partial charge on any atom is 0.191 e. The van der Waals surface area contributed by atoms with Crippen molar-refractivity contribution in [2.45, 2.75) is 19.5 Å². The predicted octanol–water partition coefficient (Wildman–Crippen LogP) is 2.26. The number of hydrogen-bond acceptors (Lipinski definition) is 3. The Morgan fingerprint density at radius 3 is 2.58 bits per heavy atom. The van der Waals surface area contributed by atoms with E-state index in [1.54, 1.807) is 7.05 Å². The molecule has 0 radical (unpaired) electrons. The lowest BCUT2D eigenvalue weighted by Crippen LogP contribution is -2.52. The Labute approximate surface area is 167 Å². The van der Waals surface area contributed by atoms with Crippen LogP contribution in [0.2, 0.25) is 5.02 Å². The zero-order valence-electron chi connectivity index (χ0n) is 14.8. The van der Waals surface area contributed by atoms with Crippen molar-refractivity contribution in [3.05, 3.63) is 34.9 Å². The molecule has 0 saturated carbocycles. The number of halogens is 2. The monoisotopic (exact) mass is 465 g/mol. The van der Waals surface area contributed by atoms with Crippen molar-refractivity contribution in [2.75, 3.05) is 46.8 Å². The Hall–Kier alpha value is -0.570. The molecule has 0 spiro atoms. The molecule has 2 N–H and O–H groups in total. The fourth-order valence-corrected chi connectivity index (χ4v) is 2.90. The van der Waals surface area contributed by atoms with Crippen LogP contribution in [0.25, 0.3) is 0 Å². The van der Waals surface area contributed by atoms with Gasteiger partial charge in [-0.25, -0.2) is 0 Å². The quantitative estimate of drug-likeness (QED) is 0.398. The summed E-state index contributed by atoms with van der Waals surface area (Å²) in [6, 6.07) is 8.36. The summed E-state index contributed by atoms with van der Waals surface area (Å²) in [7, 11) is 3.98. The first-order valence-corrected chi connectivity index (χ1v) is 8.58. The van der Waals surface area contributed by atoms with Gasteiger partial charge in [0.25, 0.3) is 0 Å². The highest BCUT2D eigenvalue weighted by Gasteiger charge is 2.18. The van der Waals surface area contributed by atoms with Crippen molar-refractivity contribution in [3.63, 3.8) is 0 Å². The van der Waals surface area contributed by atoms with Gasteiger partial charge < -0.3 is 15.5 Å². The van der Waals surface area contributed by atoms with E-state index >= 15 is 0 Å². The minimum atomic E-state index is 0. The van der Waals surface area contributed by atoms with Gasteiger partial charge in [-0.1, -0.05) is 23.7 Å². The highest BCUT2D eigenvalue weighted by molar-refractivity contribution is 14.0. The Bertz CT molecular complexity index is 517. The van der Waals surface area contributed by atoms with Crippen molar-refractivity contribution in [2.24, 2.45) is 4.99 Å². The zero-order chi connectivity index (χ0) is 16.7. The van der Waals surface area contributed by atoms with Crippen molar-refractivity contribution in [3.8, 4) is 0 Å². The second-order valence-corrected chi connectivity index (χ2v) is 6.56. The van der Waals surface area contributed by atoms with Gasteiger partial charge in [0, 0.05) is 57.4 Å². The lowest BCUT2D eigenvalue weighted by atomic mass is 10.2. The minimum Gasteiger partial charge on any atom is -0.355 e. The molecule has 1 saturated heterocycles. The van der Waals surface area contributed by atoms with E-state index in [-0.39, 0.29) is 24.0 Å². The van der Waals surface area contributed by atoms with Gasteiger partial charge in [0.15, 0.2) is 5.96 Å². The van der Waals surface area contributed by atoms with Crippen LogP contribution in [0.4, 0.5) is 0 Å². The van der Waals surface area contributed by atoms with Gasteiger partial charge in [0.05, 0.1) is 0 Å². The first kappa shape index (κ1) is 21.5. The number of nitrogens with zero attached hydrogens (tertiary/aromatic N) is 3. The van der Waals surface area contributed by atoms with Gasteiger partial charge in [-0.15, -0.1) is 24.0 Å². The van der Waals surface area contributed by atoms with E-state index in [1.165, 1.54) is 0 Å². The number of likely N-dealkylation sites (N-methyl/N-ethyl adjacent to an activating group) is 1. The topological polar surface area (TPSA) is 42.9 Å². The van der Waals surface area contributed by atoms with Crippen LogP contribution in [-0.4, -0.2) is 68.6 Å². The number of piperazine rings is 1. The Morgan fingerprint density at radius 2 is 1.96 bits per heavy atom. The number of guanidine groups is 1. The molecule has 0 bridgehead atoms. The summed E-state index contributed by atoms with van der Waals surface area (Å²) >= 11 is 6.01. The summed E-state index contributed by atoms with van der Waals surface area (Å²) in [5.74, 6) is 0.825. The number of nitrogens with one attached hydrogen (secondary N) is 2. The molecule has 1 fully saturated rings. The zero-order valence-corrected chi connectivity index (χ0v) is 17.8. The molecule has 2 rings (SSSR count). The SMILES string of the molecule is CN=C(NCc1cccc(Cl)c1)NCC(C)N1CCN(C)CC1.I. The van der Waals surface area contributed by atoms with E-state index in [1.807, 2.05) is 18.2 Å². The van der Waals surface area contributed by atoms with E-state index in [2.05, 4.69) is 45.5 Å². The largest absolute Gasteiger partial charge is 0.355 e. The first-order valence-electron chi connectivity index (χ1n) is 8.20. The maximum absolute atomic E-state index is 6.01. The van der Waals surface area contributed by atoms with Crippen molar-refractivity contribution in [1.82, 2.24) is 20.4 Å². The van der Waals surface area contributed by atoms with Gasteiger partial charge in [-0.2, -0.15) is 0 Å². The molecular formula is C17H29ClIN5. The van der Waals surface area contributed by atoms with Crippen LogP contribution in [0.3, 0.4) is 0 Å². The molecular weight excluding hydrogens is 437 g/mol. The third-order valence-electron chi connectivity index (χ3n) is 4.30. The van der Waals surface area contributed by atoms with Gasteiger partial charge >= 0.3 is 0 Å². The molecule has 0 amide bonds. The number of benzene rings is 1. The number of aliphatic imine (C=N–C) groups is 1. The Balaban J connectivity index is 0.00000288. The van der Waals surface area contributed by atoms with E-state index < -0.39 is 0 Å². The van der Waals surface area contributed by atoms with E-state index in [0.717, 1.165) is 49.3 Å². The Kier molecular flexibility index (Phi) is 9.95. The van der Waals surface area contributed by atoms with Gasteiger partial charge in [0.2, 0.25) is 0 Å². The normalized spacial score (nSPS) is 17.9. The molecule has 1 aliphatic heterocycles. The molecule has 1 atom stereocenters. The van der Waals surface area contributed by atoms with Gasteiger partial charge in [0.1, 0.15) is 0 Å². The number of hydrogen-bond donors (Lipinski definition) is 2. The van der Waals surface area contributed by atoms with Gasteiger partial charge in [-0.05, 0) is 31.7 Å². The summed E-state index contributed by atoms with van der Waals surface area (Å²) in [5, 5.41) is 7.51. The second kappa shape index (κ2) is 11.1. The number of rotatable bonds is 5. The molecule has 1 unspecified atom stereocenters. The molecule has 136 valence electrons. The molecule has 1 aromatic carbocycles. The highest BCUT2D eigenvalue weighted by Crippen LogP contribution is 2.10. The lowest BCUT2D eigenvalue weighted by molar-refractivity contribution is 0.120. The summed E-state index contributed by atoms with van der Waals surface area (Å²) in [6.07, 6.45) is 0. The molecule has 24 heavy (non-hydrogen) atoms. The van der Waals surface area contributed by atoms with E-state index in [4.69, 9.17) is 11.6 Å². The van der Waals surface area contributed by atoms with Crippen molar-refractivity contribution < 1.29 is 0 Å².